The van der Waals surface area contributed by atoms with Gasteiger partial charge in [0.15, 0.2) is 11.5 Å². The van der Waals surface area contributed by atoms with Gasteiger partial charge in [-0.25, -0.2) is 9.97 Å². The van der Waals surface area contributed by atoms with Crippen molar-refractivity contribution in [1.29, 1.82) is 0 Å². The van der Waals surface area contributed by atoms with Gasteiger partial charge >= 0.3 is 0 Å². The average molecular weight is 269 g/mol. The van der Waals surface area contributed by atoms with Crippen molar-refractivity contribution in [3.63, 3.8) is 0 Å². The summed E-state index contributed by atoms with van der Waals surface area (Å²) in [6, 6.07) is 8.45. The second-order valence-electron chi connectivity index (χ2n) is 5.17. The van der Waals surface area contributed by atoms with Gasteiger partial charge in [-0.05, 0) is 38.0 Å². The van der Waals surface area contributed by atoms with Gasteiger partial charge in [-0.2, -0.15) is 0 Å². The quantitative estimate of drug-likeness (QED) is 0.928. The molecule has 1 aromatic heterocycles. The van der Waals surface area contributed by atoms with Crippen molar-refractivity contribution in [2.75, 3.05) is 12.1 Å². The third-order valence-corrected chi connectivity index (χ3v) is 3.44. The number of benzene rings is 1. The van der Waals surface area contributed by atoms with E-state index in [0.29, 0.717) is 6.04 Å². The van der Waals surface area contributed by atoms with E-state index in [1.807, 2.05) is 31.2 Å². The smallest absolute Gasteiger partial charge is 0.231 e. The van der Waals surface area contributed by atoms with E-state index in [1.54, 1.807) is 0 Å². The van der Waals surface area contributed by atoms with E-state index in [9.17, 15) is 0 Å². The molecule has 2 aliphatic rings. The molecule has 1 aromatic carbocycles. The number of rotatable bonds is 3. The van der Waals surface area contributed by atoms with Crippen molar-refractivity contribution in [2.45, 2.75) is 25.8 Å². The summed E-state index contributed by atoms with van der Waals surface area (Å²) >= 11 is 0. The number of hydrogen-bond acceptors (Lipinski definition) is 5. The predicted octanol–water partition coefficient (Wildman–Crippen LogP) is 2.76. The third-order valence-electron chi connectivity index (χ3n) is 3.44. The van der Waals surface area contributed by atoms with Crippen molar-refractivity contribution in [3.05, 3.63) is 30.1 Å². The summed E-state index contributed by atoms with van der Waals surface area (Å²) in [7, 11) is 0. The lowest BCUT2D eigenvalue weighted by Crippen LogP contribution is -2.05. The first-order valence-electron chi connectivity index (χ1n) is 6.80. The van der Waals surface area contributed by atoms with Crippen LogP contribution in [-0.4, -0.2) is 22.8 Å². The average Bonchev–Trinajstić information content (AvgIpc) is 3.12. The fraction of sp³-hybridized carbons (Fsp3) is 0.333. The topological polar surface area (TPSA) is 56.3 Å². The van der Waals surface area contributed by atoms with E-state index in [-0.39, 0.29) is 6.79 Å². The second kappa shape index (κ2) is 4.37. The Morgan fingerprint density at radius 2 is 1.95 bits per heavy atom. The number of hydrogen-bond donors (Lipinski definition) is 1. The molecule has 0 bridgehead atoms. The number of ether oxygens (including phenoxy) is 2. The summed E-state index contributed by atoms with van der Waals surface area (Å²) in [5.41, 5.74) is 1.91. The summed E-state index contributed by atoms with van der Waals surface area (Å²) in [5, 5.41) is 3.41. The molecular weight excluding hydrogens is 254 g/mol. The Morgan fingerprint density at radius 1 is 1.10 bits per heavy atom. The molecule has 1 aliphatic heterocycles. The molecule has 5 nitrogen and oxygen atoms in total. The zero-order valence-corrected chi connectivity index (χ0v) is 11.2. The fourth-order valence-corrected chi connectivity index (χ4v) is 2.28. The molecule has 0 saturated heterocycles. The fourth-order valence-electron chi connectivity index (χ4n) is 2.28. The molecule has 0 spiro atoms. The summed E-state index contributed by atoms with van der Waals surface area (Å²) in [6.07, 6.45) is 2.45. The van der Waals surface area contributed by atoms with Crippen LogP contribution >= 0.6 is 0 Å². The predicted molar refractivity (Wildman–Crippen MR) is 75.0 cm³/mol. The lowest BCUT2D eigenvalue weighted by Gasteiger charge is -2.08. The molecule has 0 atom stereocenters. The zero-order valence-electron chi connectivity index (χ0n) is 11.2. The van der Waals surface area contributed by atoms with E-state index >= 15 is 0 Å². The molecule has 1 aliphatic carbocycles. The van der Waals surface area contributed by atoms with Crippen molar-refractivity contribution < 1.29 is 9.47 Å². The number of anilines is 1. The second-order valence-corrected chi connectivity index (χ2v) is 5.17. The number of aromatic nitrogens is 2. The monoisotopic (exact) mass is 269 g/mol. The van der Waals surface area contributed by atoms with Crippen LogP contribution in [0.25, 0.3) is 11.3 Å². The van der Waals surface area contributed by atoms with Crippen LogP contribution in [0.4, 0.5) is 5.82 Å². The highest BCUT2D eigenvalue weighted by Crippen LogP contribution is 2.36. The molecule has 0 radical (unpaired) electrons. The van der Waals surface area contributed by atoms with Crippen molar-refractivity contribution >= 4 is 5.82 Å². The van der Waals surface area contributed by atoms with E-state index in [1.165, 1.54) is 12.8 Å². The van der Waals surface area contributed by atoms with Crippen LogP contribution in [0.5, 0.6) is 11.5 Å². The summed E-state index contributed by atoms with van der Waals surface area (Å²) < 4.78 is 10.7. The van der Waals surface area contributed by atoms with Gasteiger partial charge in [0.25, 0.3) is 0 Å². The number of nitrogens with one attached hydrogen (secondary N) is 1. The summed E-state index contributed by atoms with van der Waals surface area (Å²) in [4.78, 5) is 8.94. The first-order chi connectivity index (χ1) is 9.78. The zero-order chi connectivity index (χ0) is 13.5. The highest BCUT2D eigenvalue weighted by molar-refractivity contribution is 5.66. The van der Waals surface area contributed by atoms with Crippen LogP contribution in [0, 0.1) is 6.92 Å². The van der Waals surface area contributed by atoms with E-state index in [0.717, 1.165) is 34.4 Å². The van der Waals surface area contributed by atoms with Crippen molar-refractivity contribution in [3.8, 4) is 22.8 Å². The SMILES string of the molecule is Cc1nc(NC2CC2)cc(-c2ccc3c(c2)OCO3)n1. The number of nitrogens with zero attached hydrogens (tertiary/aromatic N) is 2. The highest BCUT2D eigenvalue weighted by atomic mass is 16.7. The van der Waals surface area contributed by atoms with Gasteiger partial charge in [0.05, 0.1) is 5.69 Å². The van der Waals surface area contributed by atoms with Gasteiger partial charge in [-0.1, -0.05) is 0 Å². The minimum atomic E-state index is 0.288. The molecule has 2 aromatic rings. The molecule has 20 heavy (non-hydrogen) atoms. The Morgan fingerprint density at radius 3 is 2.80 bits per heavy atom. The van der Waals surface area contributed by atoms with Gasteiger partial charge in [-0.15, -0.1) is 0 Å². The van der Waals surface area contributed by atoms with Gasteiger partial charge in [-0.3, -0.25) is 0 Å². The van der Waals surface area contributed by atoms with Gasteiger partial charge in [0, 0.05) is 17.7 Å². The van der Waals surface area contributed by atoms with Crippen LogP contribution in [0.15, 0.2) is 24.3 Å². The molecule has 1 N–H and O–H groups in total. The molecule has 4 rings (SSSR count). The molecule has 0 unspecified atom stereocenters. The van der Waals surface area contributed by atoms with Crippen LogP contribution in [0.2, 0.25) is 0 Å². The first kappa shape index (κ1) is 11.5. The van der Waals surface area contributed by atoms with Crippen molar-refractivity contribution in [1.82, 2.24) is 9.97 Å². The minimum Gasteiger partial charge on any atom is -0.454 e. The van der Waals surface area contributed by atoms with Gasteiger partial charge in [0.2, 0.25) is 6.79 Å². The third kappa shape index (κ3) is 2.15. The molecule has 1 fully saturated rings. The maximum absolute atomic E-state index is 5.41. The molecule has 102 valence electrons. The van der Waals surface area contributed by atoms with Crippen LogP contribution in [0.3, 0.4) is 0 Å². The molecular formula is C15H15N3O2. The van der Waals surface area contributed by atoms with Gasteiger partial charge < -0.3 is 14.8 Å². The molecule has 2 heterocycles. The normalized spacial score (nSPS) is 16.2. The minimum absolute atomic E-state index is 0.288. The lowest BCUT2D eigenvalue weighted by atomic mass is 10.1. The lowest BCUT2D eigenvalue weighted by molar-refractivity contribution is 0.174. The summed E-state index contributed by atoms with van der Waals surface area (Å²) in [6.45, 7) is 2.20. The summed E-state index contributed by atoms with van der Waals surface area (Å²) in [5.74, 6) is 3.22. The number of fused-ring (bicyclic) bond motifs is 1. The van der Waals surface area contributed by atoms with Gasteiger partial charge in [0.1, 0.15) is 11.6 Å². The van der Waals surface area contributed by atoms with Crippen LogP contribution in [0.1, 0.15) is 18.7 Å². The molecule has 5 heteroatoms. The van der Waals surface area contributed by atoms with Crippen LogP contribution < -0.4 is 14.8 Å². The Balaban J connectivity index is 1.71. The van der Waals surface area contributed by atoms with E-state index in [2.05, 4.69) is 15.3 Å². The maximum atomic E-state index is 5.41. The van der Waals surface area contributed by atoms with E-state index < -0.39 is 0 Å². The van der Waals surface area contributed by atoms with Crippen LogP contribution in [-0.2, 0) is 0 Å². The Labute approximate surface area is 117 Å². The molecule has 0 amide bonds. The Kier molecular flexibility index (Phi) is 2.52. The number of aryl methyl sites for hydroxylation is 1. The Hall–Kier alpha value is -2.30. The van der Waals surface area contributed by atoms with Crippen molar-refractivity contribution in [2.24, 2.45) is 0 Å². The Bertz CT molecular complexity index is 668. The first-order valence-corrected chi connectivity index (χ1v) is 6.80. The largest absolute Gasteiger partial charge is 0.454 e. The molecule has 1 saturated carbocycles. The highest BCUT2D eigenvalue weighted by Gasteiger charge is 2.22. The maximum Gasteiger partial charge on any atom is 0.231 e. The standard InChI is InChI=1S/C15H15N3O2/c1-9-16-12(7-15(17-9)18-11-3-4-11)10-2-5-13-14(6-10)20-8-19-13/h2,5-7,11H,3-4,8H2,1H3,(H,16,17,18). The van der Waals surface area contributed by atoms with E-state index in [4.69, 9.17) is 9.47 Å².